The zero-order valence-electron chi connectivity index (χ0n) is 9.13. The van der Waals surface area contributed by atoms with E-state index in [1.165, 1.54) is 12.1 Å². The number of nitro groups is 1. The fourth-order valence-corrected chi connectivity index (χ4v) is 1.11. The van der Waals surface area contributed by atoms with Crippen molar-refractivity contribution >= 4 is 11.9 Å². The zero-order valence-corrected chi connectivity index (χ0v) is 9.13. The Morgan fingerprint density at radius 3 is 2.69 bits per heavy atom. The summed E-state index contributed by atoms with van der Waals surface area (Å²) < 4.78 is 5.12. The molecule has 0 amide bonds. The molecule has 5 nitrogen and oxygen atoms in total. The van der Waals surface area contributed by atoms with Gasteiger partial charge in [0.2, 0.25) is 0 Å². The van der Waals surface area contributed by atoms with E-state index in [9.17, 15) is 10.1 Å². The van der Waals surface area contributed by atoms with Gasteiger partial charge in [-0.25, -0.2) is 0 Å². The molecule has 0 aliphatic carbocycles. The summed E-state index contributed by atoms with van der Waals surface area (Å²) in [6, 6.07) is 6.26. The van der Waals surface area contributed by atoms with E-state index in [0.29, 0.717) is 19.8 Å². The first-order valence-electron chi connectivity index (χ1n) is 5.06. The fourth-order valence-electron chi connectivity index (χ4n) is 1.11. The van der Waals surface area contributed by atoms with Crippen molar-refractivity contribution in [2.45, 2.75) is 6.92 Å². The third-order valence-electron chi connectivity index (χ3n) is 1.91. The van der Waals surface area contributed by atoms with Crippen molar-refractivity contribution in [1.29, 1.82) is 0 Å². The molecule has 1 rings (SSSR count). The fraction of sp³-hybridized carbons (Fsp3) is 0.364. The molecule has 1 aromatic carbocycles. The van der Waals surface area contributed by atoms with E-state index in [4.69, 9.17) is 4.74 Å². The molecule has 0 saturated carbocycles. The Hall–Kier alpha value is -1.75. The van der Waals surface area contributed by atoms with E-state index in [1.807, 2.05) is 6.92 Å². The van der Waals surface area contributed by atoms with Gasteiger partial charge in [0.15, 0.2) is 0 Å². The number of hydrogen-bond acceptors (Lipinski definition) is 4. The van der Waals surface area contributed by atoms with Crippen LogP contribution in [0.25, 0.3) is 0 Å². The number of aliphatic imine (C=N–C) groups is 1. The molecule has 0 N–H and O–H groups in total. The van der Waals surface area contributed by atoms with Crippen molar-refractivity contribution in [2.75, 3.05) is 19.8 Å². The Kier molecular flexibility index (Phi) is 5.15. The number of ether oxygens (including phenoxy) is 1. The molecule has 1 aromatic rings. The highest BCUT2D eigenvalue weighted by Gasteiger charge is 2.01. The molecule has 5 heteroatoms. The molecule has 0 fully saturated rings. The van der Waals surface area contributed by atoms with Crippen LogP contribution in [0.5, 0.6) is 0 Å². The second-order valence-electron chi connectivity index (χ2n) is 3.08. The van der Waals surface area contributed by atoms with Crippen molar-refractivity contribution in [2.24, 2.45) is 4.99 Å². The molecule has 0 bridgehead atoms. The molecule has 86 valence electrons. The first-order chi connectivity index (χ1) is 7.74. The quantitative estimate of drug-likeness (QED) is 0.320. The second-order valence-corrected chi connectivity index (χ2v) is 3.08. The van der Waals surface area contributed by atoms with Crippen LogP contribution in [0.3, 0.4) is 0 Å². The van der Waals surface area contributed by atoms with E-state index in [0.717, 1.165) is 5.56 Å². The maximum absolute atomic E-state index is 10.4. The lowest BCUT2D eigenvalue weighted by molar-refractivity contribution is -0.384. The maximum Gasteiger partial charge on any atom is 0.269 e. The summed E-state index contributed by atoms with van der Waals surface area (Å²) in [5.74, 6) is 0. The smallest absolute Gasteiger partial charge is 0.269 e. The van der Waals surface area contributed by atoms with Gasteiger partial charge in [-0.3, -0.25) is 15.1 Å². The molecular formula is C11H14N2O3. The van der Waals surface area contributed by atoms with Gasteiger partial charge in [-0.05, 0) is 24.6 Å². The Morgan fingerprint density at radius 1 is 1.44 bits per heavy atom. The number of rotatable bonds is 6. The van der Waals surface area contributed by atoms with E-state index in [1.54, 1.807) is 18.3 Å². The van der Waals surface area contributed by atoms with Crippen LogP contribution in [0, 0.1) is 10.1 Å². The van der Waals surface area contributed by atoms with Gasteiger partial charge in [0.1, 0.15) is 0 Å². The minimum atomic E-state index is -0.421. The summed E-state index contributed by atoms with van der Waals surface area (Å²) in [5, 5.41) is 10.4. The number of non-ortho nitro benzene ring substituents is 1. The molecule has 0 saturated heterocycles. The van der Waals surface area contributed by atoms with E-state index < -0.39 is 4.92 Å². The second kappa shape index (κ2) is 6.68. The van der Waals surface area contributed by atoms with Gasteiger partial charge in [-0.1, -0.05) is 0 Å². The van der Waals surface area contributed by atoms with Crippen LogP contribution in [0.4, 0.5) is 5.69 Å². The molecule has 0 spiro atoms. The van der Waals surface area contributed by atoms with Crippen LogP contribution in [-0.2, 0) is 4.74 Å². The summed E-state index contributed by atoms with van der Waals surface area (Å²) in [6.07, 6.45) is 1.68. The van der Waals surface area contributed by atoms with Gasteiger partial charge in [0, 0.05) is 25.0 Å². The molecule has 0 unspecified atom stereocenters. The lowest BCUT2D eigenvalue weighted by atomic mass is 10.2. The molecule has 0 heterocycles. The van der Waals surface area contributed by atoms with Gasteiger partial charge in [-0.15, -0.1) is 0 Å². The summed E-state index contributed by atoms with van der Waals surface area (Å²) in [6.45, 7) is 3.82. The molecule has 16 heavy (non-hydrogen) atoms. The van der Waals surface area contributed by atoms with Gasteiger partial charge in [0.05, 0.1) is 18.1 Å². The maximum atomic E-state index is 10.4. The summed E-state index contributed by atoms with van der Waals surface area (Å²) in [5.41, 5.74) is 0.938. The predicted molar refractivity (Wildman–Crippen MR) is 62.1 cm³/mol. The Morgan fingerprint density at radius 2 is 2.12 bits per heavy atom. The number of nitro benzene ring substituents is 1. The first kappa shape index (κ1) is 12.3. The van der Waals surface area contributed by atoms with Crippen LogP contribution in [-0.4, -0.2) is 30.9 Å². The predicted octanol–water partition coefficient (Wildman–Crippen LogP) is 2.05. The van der Waals surface area contributed by atoms with Crippen molar-refractivity contribution in [3.05, 3.63) is 39.9 Å². The van der Waals surface area contributed by atoms with Crippen LogP contribution in [0.1, 0.15) is 12.5 Å². The van der Waals surface area contributed by atoms with Crippen LogP contribution < -0.4 is 0 Å². The van der Waals surface area contributed by atoms with E-state index in [2.05, 4.69) is 4.99 Å². The van der Waals surface area contributed by atoms with Crippen molar-refractivity contribution in [3.8, 4) is 0 Å². The van der Waals surface area contributed by atoms with Gasteiger partial charge in [0.25, 0.3) is 5.69 Å². The van der Waals surface area contributed by atoms with Crippen LogP contribution in [0.15, 0.2) is 29.3 Å². The van der Waals surface area contributed by atoms with Crippen LogP contribution >= 0.6 is 0 Å². The first-order valence-corrected chi connectivity index (χ1v) is 5.06. The third kappa shape index (κ3) is 4.18. The van der Waals surface area contributed by atoms with E-state index in [-0.39, 0.29) is 5.69 Å². The highest BCUT2D eigenvalue weighted by Crippen LogP contribution is 2.10. The highest BCUT2D eigenvalue weighted by atomic mass is 16.6. The highest BCUT2D eigenvalue weighted by molar-refractivity contribution is 5.79. The summed E-state index contributed by atoms with van der Waals surface area (Å²) in [4.78, 5) is 14.1. The topological polar surface area (TPSA) is 64.7 Å². The zero-order chi connectivity index (χ0) is 11.8. The lowest BCUT2D eigenvalue weighted by Gasteiger charge is -1.96. The largest absolute Gasteiger partial charge is 0.380 e. The Labute approximate surface area is 93.9 Å². The normalized spacial score (nSPS) is 10.8. The SMILES string of the molecule is CCOCCN=Cc1ccc([N+](=O)[O-])cc1. The van der Waals surface area contributed by atoms with Gasteiger partial charge >= 0.3 is 0 Å². The molecule has 0 radical (unpaired) electrons. The number of benzene rings is 1. The molecule has 0 aliphatic rings. The van der Waals surface area contributed by atoms with E-state index >= 15 is 0 Å². The standard InChI is InChI=1S/C11H14N2O3/c1-2-16-8-7-12-9-10-3-5-11(6-4-10)13(14)15/h3-6,9H,2,7-8H2,1H3. The molecular weight excluding hydrogens is 208 g/mol. The minimum Gasteiger partial charge on any atom is -0.380 e. The molecule has 0 aromatic heterocycles. The molecule has 0 aliphatic heterocycles. The van der Waals surface area contributed by atoms with Crippen LogP contribution in [0.2, 0.25) is 0 Å². The Bertz CT molecular complexity index is 360. The Balaban J connectivity index is 2.45. The van der Waals surface area contributed by atoms with Gasteiger partial charge in [-0.2, -0.15) is 0 Å². The molecule has 0 atom stereocenters. The number of hydrogen-bond donors (Lipinski definition) is 0. The summed E-state index contributed by atoms with van der Waals surface area (Å²) in [7, 11) is 0. The number of nitrogens with zero attached hydrogens (tertiary/aromatic N) is 2. The minimum absolute atomic E-state index is 0.0893. The third-order valence-corrected chi connectivity index (χ3v) is 1.91. The average molecular weight is 222 g/mol. The van der Waals surface area contributed by atoms with Crippen molar-refractivity contribution < 1.29 is 9.66 Å². The monoisotopic (exact) mass is 222 g/mol. The summed E-state index contributed by atoms with van der Waals surface area (Å²) >= 11 is 0. The average Bonchev–Trinajstić information content (AvgIpc) is 2.29. The van der Waals surface area contributed by atoms with Crippen molar-refractivity contribution in [3.63, 3.8) is 0 Å². The lowest BCUT2D eigenvalue weighted by Crippen LogP contribution is -1.97. The van der Waals surface area contributed by atoms with Crippen molar-refractivity contribution in [1.82, 2.24) is 0 Å². The van der Waals surface area contributed by atoms with Gasteiger partial charge < -0.3 is 4.74 Å².